The highest BCUT2D eigenvalue weighted by Gasteiger charge is 2.07. The molecule has 2 rings (SSSR count). The van der Waals surface area contributed by atoms with Crippen molar-refractivity contribution in [2.24, 2.45) is 0 Å². The molecular weight excluding hydrogens is 288 g/mol. The predicted octanol–water partition coefficient (Wildman–Crippen LogP) is 3.69. The van der Waals surface area contributed by atoms with Crippen molar-refractivity contribution in [3.05, 3.63) is 56.1 Å². The van der Waals surface area contributed by atoms with Gasteiger partial charge in [0.15, 0.2) is 0 Å². The smallest absolute Gasteiger partial charge is 0.255 e. The molecule has 0 aromatic carbocycles. The van der Waals surface area contributed by atoms with Gasteiger partial charge in [-0.2, -0.15) is 0 Å². The van der Waals surface area contributed by atoms with E-state index in [9.17, 15) is 4.79 Å². The molecule has 0 radical (unpaired) electrons. The van der Waals surface area contributed by atoms with Crippen LogP contribution in [0.4, 0.5) is 0 Å². The maximum absolute atomic E-state index is 12.1. The van der Waals surface area contributed by atoms with E-state index < -0.39 is 0 Å². The first-order valence-electron chi connectivity index (χ1n) is 7.95. The second kappa shape index (κ2) is 7.27. The standard InChI is InChI=1S/C19H24N2O2/c1-6-14-10-16(18(22)20-12(14)3)8-9-17-11-15(7-2)13(4)21-19(17)23-5/h8-11H,6-7H2,1-5H3,(H,20,22)/b9-8-. The molecule has 4 nitrogen and oxygen atoms in total. The van der Waals surface area contributed by atoms with Crippen LogP contribution < -0.4 is 10.3 Å². The van der Waals surface area contributed by atoms with Gasteiger partial charge in [-0.05, 0) is 62.1 Å². The number of nitrogens with zero attached hydrogens (tertiary/aromatic N) is 1. The van der Waals surface area contributed by atoms with Gasteiger partial charge in [0.2, 0.25) is 5.88 Å². The summed E-state index contributed by atoms with van der Waals surface area (Å²) in [6, 6.07) is 4.01. The van der Waals surface area contributed by atoms with E-state index in [2.05, 4.69) is 29.9 Å². The molecule has 0 aliphatic carbocycles. The molecule has 2 aromatic heterocycles. The van der Waals surface area contributed by atoms with Crippen molar-refractivity contribution in [2.75, 3.05) is 7.11 Å². The molecule has 0 atom stereocenters. The third-order valence-electron chi connectivity index (χ3n) is 4.08. The van der Waals surface area contributed by atoms with Gasteiger partial charge < -0.3 is 9.72 Å². The molecule has 0 saturated heterocycles. The molecule has 0 saturated carbocycles. The predicted molar refractivity (Wildman–Crippen MR) is 95.0 cm³/mol. The fourth-order valence-corrected chi connectivity index (χ4v) is 2.64. The monoisotopic (exact) mass is 312 g/mol. The molecule has 0 spiro atoms. The van der Waals surface area contributed by atoms with Crippen LogP contribution in [-0.2, 0) is 12.8 Å². The second-order valence-electron chi connectivity index (χ2n) is 5.58. The molecule has 2 aromatic rings. The summed E-state index contributed by atoms with van der Waals surface area (Å²) in [5.41, 5.74) is 5.68. The van der Waals surface area contributed by atoms with Crippen LogP contribution in [-0.4, -0.2) is 17.1 Å². The largest absolute Gasteiger partial charge is 0.481 e. The highest BCUT2D eigenvalue weighted by molar-refractivity contribution is 5.72. The maximum atomic E-state index is 12.1. The normalized spacial score (nSPS) is 11.2. The SMILES string of the molecule is CCc1cc(/C=C\c2cc(CC)c(C)[nH]c2=O)c(OC)nc1C. The Morgan fingerprint density at radius 3 is 2.30 bits per heavy atom. The molecule has 0 amide bonds. The van der Waals surface area contributed by atoms with Crippen molar-refractivity contribution in [3.8, 4) is 5.88 Å². The van der Waals surface area contributed by atoms with E-state index >= 15 is 0 Å². The van der Waals surface area contributed by atoms with Crippen molar-refractivity contribution < 1.29 is 4.74 Å². The number of aryl methyl sites for hydroxylation is 4. The van der Waals surface area contributed by atoms with Crippen molar-refractivity contribution in [1.29, 1.82) is 0 Å². The first kappa shape index (κ1) is 17.0. The first-order chi connectivity index (χ1) is 11.0. The fourth-order valence-electron chi connectivity index (χ4n) is 2.64. The maximum Gasteiger partial charge on any atom is 0.255 e. The molecule has 0 unspecified atom stereocenters. The van der Waals surface area contributed by atoms with Crippen molar-refractivity contribution >= 4 is 12.2 Å². The Morgan fingerprint density at radius 1 is 1.09 bits per heavy atom. The van der Waals surface area contributed by atoms with E-state index in [0.29, 0.717) is 11.4 Å². The van der Waals surface area contributed by atoms with E-state index in [1.54, 1.807) is 7.11 Å². The van der Waals surface area contributed by atoms with Crippen LogP contribution in [0.25, 0.3) is 12.2 Å². The zero-order valence-electron chi connectivity index (χ0n) is 14.5. The summed E-state index contributed by atoms with van der Waals surface area (Å²) in [5, 5.41) is 0. The van der Waals surface area contributed by atoms with Gasteiger partial charge in [0.25, 0.3) is 5.56 Å². The summed E-state index contributed by atoms with van der Waals surface area (Å²) in [7, 11) is 1.61. The number of nitrogens with one attached hydrogen (secondary N) is 1. The molecule has 2 heterocycles. The number of rotatable bonds is 5. The molecule has 1 N–H and O–H groups in total. The Bertz CT molecular complexity index is 789. The van der Waals surface area contributed by atoms with Crippen molar-refractivity contribution in [1.82, 2.24) is 9.97 Å². The van der Waals surface area contributed by atoms with Gasteiger partial charge in [-0.15, -0.1) is 0 Å². The number of aromatic amines is 1. The Kier molecular flexibility index (Phi) is 5.37. The van der Waals surface area contributed by atoms with Gasteiger partial charge in [-0.25, -0.2) is 4.98 Å². The Hall–Kier alpha value is -2.36. The highest BCUT2D eigenvalue weighted by atomic mass is 16.5. The summed E-state index contributed by atoms with van der Waals surface area (Å²) < 4.78 is 5.36. The summed E-state index contributed by atoms with van der Waals surface area (Å²) in [6.07, 6.45) is 5.52. The molecule has 0 fully saturated rings. The van der Waals surface area contributed by atoms with E-state index in [-0.39, 0.29) is 5.56 Å². The third-order valence-corrected chi connectivity index (χ3v) is 4.08. The number of aromatic nitrogens is 2. The van der Waals surface area contributed by atoms with E-state index in [1.165, 1.54) is 5.56 Å². The molecule has 23 heavy (non-hydrogen) atoms. The van der Waals surface area contributed by atoms with Gasteiger partial charge in [-0.1, -0.05) is 13.8 Å². The zero-order valence-corrected chi connectivity index (χ0v) is 14.5. The van der Waals surface area contributed by atoms with Gasteiger partial charge in [0.05, 0.1) is 7.11 Å². The van der Waals surface area contributed by atoms with Crippen LogP contribution in [0.15, 0.2) is 16.9 Å². The highest BCUT2D eigenvalue weighted by Crippen LogP contribution is 2.22. The lowest BCUT2D eigenvalue weighted by Crippen LogP contribution is -2.12. The lowest BCUT2D eigenvalue weighted by Gasteiger charge is -2.09. The average molecular weight is 312 g/mol. The van der Waals surface area contributed by atoms with Gasteiger partial charge >= 0.3 is 0 Å². The Labute approximate surface area is 137 Å². The van der Waals surface area contributed by atoms with Crippen LogP contribution in [0.1, 0.15) is 47.5 Å². The van der Waals surface area contributed by atoms with Gasteiger partial charge in [0, 0.05) is 22.5 Å². The second-order valence-corrected chi connectivity index (χ2v) is 5.58. The molecule has 0 aliphatic heterocycles. The number of hydrogen-bond acceptors (Lipinski definition) is 3. The summed E-state index contributed by atoms with van der Waals surface area (Å²) in [6.45, 7) is 8.08. The van der Waals surface area contributed by atoms with Crippen LogP contribution in [0.5, 0.6) is 5.88 Å². The zero-order chi connectivity index (χ0) is 17.0. The summed E-state index contributed by atoms with van der Waals surface area (Å²) in [5.74, 6) is 0.579. The molecule has 122 valence electrons. The lowest BCUT2D eigenvalue weighted by atomic mass is 10.1. The topological polar surface area (TPSA) is 55.0 Å². The minimum atomic E-state index is -0.0781. The fraction of sp³-hybridized carbons (Fsp3) is 0.368. The number of H-pyrrole nitrogens is 1. The minimum absolute atomic E-state index is 0.0781. The number of pyridine rings is 2. The number of ether oxygens (including phenoxy) is 1. The molecule has 4 heteroatoms. The summed E-state index contributed by atoms with van der Waals surface area (Å²) >= 11 is 0. The van der Waals surface area contributed by atoms with Crippen LogP contribution in [0.3, 0.4) is 0 Å². The van der Waals surface area contributed by atoms with Crippen LogP contribution >= 0.6 is 0 Å². The summed E-state index contributed by atoms with van der Waals surface area (Å²) in [4.78, 5) is 19.5. The Morgan fingerprint density at radius 2 is 1.70 bits per heavy atom. The first-order valence-corrected chi connectivity index (χ1v) is 7.95. The number of methoxy groups -OCH3 is 1. The molecule has 0 aliphatic rings. The van der Waals surface area contributed by atoms with Crippen LogP contribution in [0, 0.1) is 13.8 Å². The van der Waals surface area contributed by atoms with E-state index in [1.807, 2.05) is 32.1 Å². The Balaban J connectivity index is 2.46. The van der Waals surface area contributed by atoms with E-state index in [4.69, 9.17) is 4.74 Å². The van der Waals surface area contributed by atoms with Crippen LogP contribution in [0.2, 0.25) is 0 Å². The van der Waals surface area contributed by atoms with Gasteiger partial charge in [0.1, 0.15) is 0 Å². The van der Waals surface area contributed by atoms with E-state index in [0.717, 1.165) is 35.4 Å². The minimum Gasteiger partial charge on any atom is -0.481 e. The molecule has 0 bridgehead atoms. The third kappa shape index (κ3) is 3.70. The van der Waals surface area contributed by atoms with Crippen molar-refractivity contribution in [3.63, 3.8) is 0 Å². The number of hydrogen-bond donors (Lipinski definition) is 1. The van der Waals surface area contributed by atoms with Gasteiger partial charge in [-0.3, -0.25) is 4.79 Å². The lowest BCUT2D eigenvalue weighted by molar-refractivity contribution is 0.395. The van der Waals surface area contributed by atoms with Crippen molar-refractivity contribution in [2.45, 2.75) is 40.5 Å². The quantitative estimate of drug-likeness (QED) is 0.916. The molecular formula is C19H24N2O2. The average Bonchev–Trinajstić information content (AvgIpc) is 2.54.